The van der Waals surface area contributed by atoms with Crippen molar-refractivity contribution in [1.82, 2.24) is 29.7 Å². The molecule has 0 amide bonds. The first kappa shape index (κ1) is 29.1. The van der Waals surface area contributed by atoms with Crippen molar-refractivity contribution in [2.45, 2.75) is 65.7 Å². The summed E-state index contributed by atoms with van der Waals surface area (Å²) in [5.41, 5.74) is 7.18. The molecule has 0 aliphatic heterocycles. The van der Waals surface area contributed by atoms with Crippen molar-refractivity contribution in [2.24, 2.45) is 0 Å². The van der Waals surface area contributed by atoms with Gasteiger partial charge in [-0.05, 0) is 77.9 Å². The van der Waals surface area contributed by atoms with Gasteiger partial charge in [-0.2, -0.15) is 0 Å². The van der Waals surface area contributed by atoms with Gasteiger partial charge in [0, 0.05) is 57.8 Å². The maximum atomic E-state index is 4.77. The molecule has 0 aliphatic rings. The lowest BCUT2D eigenvalue weighted by molar-refractivity contribution is 0.576. The highest BCUT2D eigenvalue weighted by Crippen LogP contribution is 2.32. The van der Waals surface area contributed by atoms with Gasteiger partial charge in [-0.1, -0.05) is 36.4 Å². The van der Waals surface area contributed by atoms with E-state index in [-0.39, 0.29) is 12.4 Å². The Labute approximate surface area is 248 Å². The quantitative estimate of drug-likeness (QED) is 0.156. The Kier molecular flexibility index (Phi) is 8.93. The average molecular weight is 569 g/mol. The summed E-state index contributed by atoms with van der Waals surface area (Å²) in [5, 5.41) is 12.4. The van der Waals surface area contributed by atoms with Crippen LogP contribution in [0.1, 0.15) is 64.0 Å². The summed E-state index contributed by atoms with van der Waals surface area (Å²) >= 11 is 0. The fourth-order valence-electron chi connectivity index (χ4n) is 6.12. The van der Waals surface area contributed by atoms with E-state index in [0.29, 0.717) is 12.1 Å². The Morgan fingerprint density at radius 2 is 1.00 bits per heavy atom. The zero-order valence-electron chi connectivity index (χ0n) is 24.5. The van der Waals surface area contributed by atoms with Gasteiger partial charge in [-0.3, -0.25) is 9.97 Å². The minimum atomic E-state index is 0. The van der Waals surface area contributed by atoms with Gasteiger partial charge in [0.25, 0.3) is 0 Å². The van der Waals surface area contributed by atoms with Crippen LogP contribution in [0.25, 0.3) is 43.6 Å². The molecule has 6 nitrogen and oxygen atoms in total. The van der Waals surface area contributed by atoms with E-state index in [1.54, 1.807) is 0 Å². The van der Waals surface area contributed by atoms with Gasteiger partial charge in [0.2, 0.25) is 0 Å². The van der Waals surface area contributed by atoms with Crippen LogP contribution in [-0.2, 0) is 13.1 Å². The summed E-state index contributed by atoms with van der Waals surface area (Å²) in [7, 11) is 0. The van der Waals surface area contributed by atoms with Crippen molar-refractivity contribution in [1.29, 1.82) is 0 Å². The van der Waals surface area contributed by atoms with Crippen LogP contribution >= 0.6 is 12.4 Å². The van der Waals surface area contributed by atoms with Crippen molar-refractivity contribution >= 4 is 56.0 Å². The van der Waals surface area contributed by atoms with Gasteiger partial charge in [0.15, 0.2) is 0 Å². The zero-order chi connectivity index (χ0) is 27.6. The summed E-state index contributed by atoms with van der Waals surface area (Å²) in [5.74, 6) is 0. The lowest BCUT2D eigenvalue weighted by Crippen LogP contribution is -2.19. The van der Waals surface area contributed by atoms with Crippen LogP contribution in [0.15, 0.2) is 73.1 Å². The number of nitrogens with one attached hydrogen (secondary N) is 2. The van der Waals surface area contributed by atoms with E-state index in [4.69, 9.17) is 9.97 Å². The Bertz CT molecular complexity index is 1650. The normalized spacial score (nSPS) is 12.0. The van der Waals surface area contributed by atoms with Crippen molar-refractivity contribution in [3.8, 4) is 0 Å². The van der Waals surface area contributed by atoms with Gasteiger partial charge in [-0.25, -0.2) is 0 Å². The SMILES string of the molecule is CC(C)n1c2ccccc2c2cc(CNCCCCNCc3cc4c5ccccc5n(C(C)C)c4cn3)ncc21.Cl. The number of benzene rings is 2. The molecule has 0 saturated carbocycles. The van der Waals surface area contributed by atoms with Crippen molar-refractivity contribution in [3.05, 3.63) is 84.4 Å². The van der Waals surface area contributed by atoms with E-state index < -0.39 is 0 Å². The Balaban J connectivity index is 0.00000337. The number of hydrogen-bond acceptors (Lipinski definition) is 4. The van der Waals surface area contributed by atoms with Gasteiger partial charge in [0.1, 0.15) is 0 Å². The third-order valence-electron chi connectivity index (χ3n) is 7.91. The van der Waals surface area contributed by atoms with Gasteiger partial charge < -0.3 is 19.8 Å². The first-order valence-corrected chi connectivity index (χ1v) is 14.7. The molecule has 0 saturated heterocycles. The topological polar surface area (TPSA) is 59.7 Å². The molecule has 4 aromatic heterocycles. The summed E-state index contributed by atoms with van der Waals surface area (Å²) in [6.07, 6.45) is 6.33. The molecule has 0 fully saturated rings. The largest absolute Gasteiger partial charge is 0.337 e. The summed E-state index contributed by atoms with van der Waals surface area (Å²) in [6, 6.07) is 22.6. The summed E-state index contributed by atoms with van der Waals surface area (Å²) in [6.45, 7) is 12.5. The molecule has 4 heterocycles. The molecule has 2 N–H and O–H groups in total. The molecule has 0 atom stereocenters. The van der Waals surface area contributed by atoms with Crippen LogP contribution in [0.3, 0.4) is 0 Å². The molecule has 6 rings (SSSR count). The molecule has 6 aromatic rings. The second-order valence-corrected chi connectivity index (χ2v) is 11.4. The van der Waals surface area contributed by atoms with Crippen LogP contribution in [-0.4, -0.2) is 32.2 Å². The number of rotatable bonds is 11. The van der Waals surface area contributed by atoms with Crippen LogP contribution < -0.4 is 10.6 Å². The molecule has 0 unspecified atom stereocenters. The van der Waals surface area contributed by atoms with Crippen molar-refractivity contribution < 1.29 is 0 Å². The monoisotopic (exact) mass is 568 g/mol. The molecule has 41 heavy (non-hydrogen) atoms. The number of nitrogens with zero attached hydrogens (tertiary/aromatic N) is 4. The smallest absolute Gasteiger partial charge is 0.0680 e. The first-order chi connectivity index (χ1) is 19.5. The third-order valence-corrected chi connectivity index (χ3v) is 7.91. The predicted octanol–water partition coefficient (Wildman–Crippen LogP) is 7.94. The molecule has 0 bridgehead atoms. The molecule has 0 aliphatic carbocycles. The lowest BCUT2D eigenvalue weighted by atomic mass is 10.1. The number of hydrogen-bond donors (Lipinski definition) is 2. The number of pyridine rings is 2. The lowest BCUT2D eigenvalue weighted by Gasteiger charge is -2.11. The molecule has 0 radical (unpaired) electrons. The fourth-order valence-corrected chi connectivity index (χ4v) is 6.12. The fraction of sp³-hybridized carbons (Fsp3) is 0.353. The molecular weight excluding hydrogens is 528 g/mol. The highest BCUT2D eigenvalue weighted by atomic mass is 35.5. The van der Waals surface area contributed by atoms with Crippen molar-refractivity contribution in [3.63, 3.8) is 0 Å². The summed E-state index contributed by atoms with van der Waals surface area (Å²) < 4.78 is 4.78. The highest BCUT2D eigenvalue weighted by Gasteiger charge is 2.14. The van der Waals surface area contributed by atoms with Gasteiger partial charge in [0.05, 0.1) is 34.8 Å². The molecule has 2 aromatic carbocycles. The number of unbranched alkanes of at least 4 members (excludes halogenated alkanes) is 1. The number of fused-ring (bicyclic) bond motifs is 6. The van der Waals surface area contributed by atoms with Crippen LogP contribution in [0.4, 0.5) is 0 Å². The Morgan fingerprint density at radius 1 is 0.585 bits per heavy atom. The van der Waals surface area contributed by atoms with E-state index in [2.05, 4.69) is 108 Å². The van der Waals surface area contributed by atoms with Crippen LogP contribution in [0.2, 0.25) is 0 Å². The predicted molar refractivity (Wildman–Crippen MR) is 175 cm³/mol. The zero-order valence-corrected chi connectivity index (χ0v) is 25.3. The third kappa shape index (κ3) is 5.69. The van der Waals surface area contributed by atoms with E-state index >= 15 is 0 Å². The Hall–Kier alpha value is -3.45. The molecule has 214 valence electrons. The van der Waals surface area contributed by atoms with Crippen LogP contribution in [0.5, 0.6) is 0 Å². The Morgan fingerprint density at radius 3 is 1.41 bits per heavy atom. The van der Waals surface area contributed by atoms with E-state index in [1.807, 2.05) is 12.4 Å². The van der Waals surface area contributed by atoms with Gasteiger partial charge >= 0.3 is 0 Å². The van der Waals surface area contributed by atoms with E-state index in [0.717, 1.165) is 50.4 Å². The van der Waals surface area contributed by atoms with Crippen molar-refractivity contribution in [2.75, 3.05) is 13.1 Å². The highest BCUT2D eigenvalue weighted by molar-refractivity contribution is 6.08. The maximum Gasteiger partial charge on any atom is 0.0680 e. The van der Waals surface area contributed by atoms with Gasteiger partial charge in [-0.15, -0.1) is 12.4 Å². The minimum absolute atomic E-state index is 0. The first-order valence-electron chi connectivity index (χ1n) is 14.7. The summed E-state index contributed by atoms with van der Waals surface area (Å²) in [4.78, 5) is 9.55. The number of halogens is 1. The number of aromatic nitrogens is 4. The second kappa shape index (κ2) is 12.6. The second-order valence-electron chi connectivity index (χ2n) is 11.4. The minimum Gasteiger partial charge on any atom is -0.337 e. The standard InChI is InChI=1S/C34H40N6.ClH/c1-23(2)39-31-13-7-5-11-27(31)29-17-25(37-21-33(29)39)19-35-15-9-10-16-36-20-26-18-30-28-12-6-8-14-32(28)40(24(3)4)34(30)22-38-26;/h5-8,11-14,17-18,21-24,35-36H,9-10,15-16,19-20H2,1-4H3;1H. The van der Waals surface area contributed by atoms with E-state index in [1.165, 1.54) is 43.6 Å². The molecular formula is C34H41ClN6. The maximum absolute atomic E-state index is 4.77. The van der Waals surface area contributed by atoms with E-state index in [9.17, 15) is 0 Å². The number of para-hydroxylation sites is 2. The van der Waals surface area contributed by atoms with Crippen LogP contribution in [0, 0.1) is 0 Å². The average Bonchev–Trinajstić information content (AvgIpc) is 3.47. The molecule has 7 heteroatoms. The molecule has 0 spiro atoms.